The topological polar surface area (TPSA) is 114 Å². The number of aliphatic hydroxyl groups excluding tert-OH is 1. The summed E-state index contributed by atoms with van der Waals surface area (Å²) in [5.74, 6) is 0.576. The van der Waals surface area contributed by atoms with Crippen molar-refractivity contribution in [2.45, 2.75) is 38.0 Å². The smallest absolute Gasteiger partial charge is 0.407 e. The Morgan fingerprint density at radius 3 is 2.52 bits per heavy atom. The first-order valence-electron chi connectivity index (χ1n) is 10.4. The van der Waals surface area contributed by atoms with Gasteiger partial charge in [-0.1, -0.05) is 30.3 Å². The maximum absolute atomic E-state index is 12.5. The number of hydrogen-bond acceptors (Lipinski definition) is 7. The average molecular weight is 479 g/mol. The van der Waals surface area contributed by atoms with E-state index in [2.05, 4.69) is 5.32 Å². The van der Waals surface area contributed by atoms with Gasteiger partial charge in [-0.15, -0.1) is 0 Å². The molecule has 1 aliphatic rings. The van der Waals surface area contributed by atoms with Crippen molar-refractivity contribution in [2.75, 3.05) is 31.3 Å². The van der Waals surface area contributed by atoms with Crippen LogP contribution < -0.4 is 19.1 Å². The van der Waals surface area contributed by atoms with Gasteiger partial charge in [0, 0.05) is 25.1 Å². The van der Waals surface area contributed by atoms with E-state index in [1.807, 2.05) is 30.3 Å². The Balaban J connectivity index is 1.86. The summed E-state index contributed by atoms with van der Waals surface area (Å²) in [6.45, 7) is 3.53. The molecule has 180 valence electrons. The number of hydrogen-bond donors (Lipinski definition) is 2. The predicted molar refractivity (Wildman–Crippen MR) is 124 cm³/mol. The molecule has 2 aromatic rings. The second-order valence-electron chi connectivity index (χ2n) is 8.44. The summed E-state index contributed by atoms with van der Waals surface area (Å²) in [6.07, 6.45) is -0.150. The molecule has 0 bridgehead atoms. The van der Waals surface area contributed by atoms with E-state index in [4.69, 9.17) is 14.2 Å². The monoisotopic (exact) mass is 478 g/mol. The maximum Gasteiger partial charge on any atom is 0.407 e. The van der Waals surface area contributed by atoms with Crippen LogP contribution in [0.4, 0.5) is 10.5 Å². The Morgan fingerprint density at radius 2 is 1.91 bits per heavy atom. The fourth-order valence-corrected chi connectivity index (χ4v) is 4.13. The van der Waals surface area contributed by atoms with Gasteiger partial charge in [0.15, 0.2) is 0 Å². The van der Waals surface area contributed by atoms with Gasteiger partial charge in [0.2, 0.25) is 10.0 Å². The molecule has 10 heteroatoms. The number of ether oxygens (including phenoxy) is 3. The quantitative estimate of drug-likeness (QED) is 0.629. The van der Waals surface area contributed by atoms with Crippen LogP contribution in [0.15, 0.2) is 42.5 Å². The second-order valence-corrected chi connectivity index (χ2v) is 10.5. The van der Waals surface area contributed by atoms with Crippen molar-refractivity contribution in [1.29, 1.82) is 0 Å². The largest absolute Gasteiger partial charge is 0.495 e. The SMILES string of the molecule is COc1cc2c(cc1N(C)S(C)(=O)=O)OC(C)(C)C(O)C2NC(=O)OCCc1ccccc1. The fraction of sp³-hybridized carbons (Fsp3) is 0.435. The third-order valence-corrected chi connectivity index (χ3v) is 6.82. The van der Waals surface area contributed by atoms with Crippen molar-refractivity contribution < 1.29 is 32.5 Å². The Hall–Kier alpha value is -2.98. The van der Waals surface area contributed by atoms with Gasteiger partial charge >= 0.3 is 6.09 Å². The number of nitrogens with one attached hydrogen (secondary N) is 1. The molecule has 0 saturated carbocycles. The van der Waals surface area contributed by atoms with E-state index in [9.17, 15) is 18.3 Å². The number of aliphatic hydroxyl groups is 1. The molecule has 2 N–H and O–H groups in total. The van der Waals surface area contributed by atoms with E-state index in [0.29, 0.717) is 17.7 Å². The summed E-state index contributed by atoms with van der Waals surface area (Å²) in [6, 6.07) is 11.8. The average Bonchev–Trinajstić information content (AvgIpc) is 2.75. The Labute approximate surface area is 194 Å². The van der Waals surface area contributed by atoms with Crippen molar-refractivity contribution >= 4 is 21.8 Å². The molecule has 2 unspecified atom stereocenters. The molecule has 0 aliphatic carbocycles. The lowest BCUT2D eigenvalue weighted by molar-refractivity contribution is -0.0637. The second kappa shape index (κ2) is 9.48. The first kappa shape index (κ1) is 24.7. The lowest BCUT2D eigenvalue weighted by Gasteiger charge is -2.42. The molecule has 0 saturated heterocycles. The van der Waals surface area contributed by atoms with E-state index < -0.39 is 33.9 Å². The van der Waals surface area contributed by atoms with E-state index in [0.717, 1.165) is 16.1 Å². The van der Waals surface area contributed by atoms with Gasteiger partial charge in [0.1, 0.15) is 23.2 Å². The first-order valence-corrected chi connectivity index (χ1v) is 12.3. The molecule has 9 nitrogen and oxygen atoms in total. The highest BCUT2D eigenvalue weighted by Gasteiger charge is 2.44. The molecular weight excluding hydrogens is 448 g/mol. The van der Waals surface area contributed by atoms with Crippen LogP contribution in [0.1, 0.15) is 31.0 Å². The summed E-state index contributed by atoms with van der Waals surface area (Å²) >= 11 is 0. The number of amides is 1. The third-order valence-electron chi connectivity index (χ3n) is 5.62. The van der Waals surface area contributed by atoms with E-state index >= 15 is 0 Å². The van der Waals surface area contributed by atoms with Gasteiger partial charge in [-0.2, -0.15) is 0 Å². The van der Waals surface area contributed by atoms with Gasteiger partial charge in [-0.3, -0.25) is 4.31 Å². The van der Waals surface area contributed by atoms with Crippen molar-refractivity contribution in [3.63, 3.8) is 0 Å². The number of carbonyl (C=O) groups excluding carboxylic acids is 1. The van der Waals surface area contributed by atoms with Crippen LogP contribution >= 0.6 is 0 Å². The molecule has 0 radical (unpaired) electrons. The summed E-state index contributed by atoms with van der Waals surface area (Å²) in [5, 5.41) is 13.6. The minimum Gasteiger partial charge on any atom is -0.495 e. The van der Waals surface area contributed by atoms with E-state index in [1.54, 1.807) is 19.9 Å². The zero-order chi connectivity index (χ0) is 24.4. The number of benzene rings is 2. The van der Waals surface area contributed by atoms with Crippen LogP contribution in [0, 0.1) is 0 Å². The Kier molecular flexibility index (Phi) is 7.08. The van der Waals surface area contributed by atoms with Crippen LogP contribution in [0.3, 0.4) is 0 Å². The molecule has 1 aliphatic heterocycles. The lowest BCUT2D eigenvalue weighted by Crippen LogP contribution is -2.53. The normalized spacial score (nSPS) is 19.1. The van der Waals surface area contributed by atoms with E-state index in [-0.39, 0.29) is 18.0 Å². The highest BCUT2D eigenvalue weighted by atomic mass is 32.2. The molecule has 3 rings (SSSR count). The number of nitrogens with zero attached hydrogens (tertiary/aromatic N) is 1. The fourth-order valence-electron chi connectivity index (χ4n) is 3.63. The third kappa shape index (κ3) is 5.51. The minimum absolute atomic E-state index is 0.173. The molecule has 2 atom stereocenters. The summed E-state index contributed by atoms with van der Waals surface area (Å²) in [5.41, 5.74) is 0.694. The molecule has 2 aromatic carbocycles. The maximum atomic E-state index is 12.5. The summed E-state index contributed by atoms with van der Waals surface area (Å²) < 4.78 is 41.9. The van der Waals surface area contributed by atoms with Crippen LogP contribution in [-0.2, 0) is 21.2 Å². The minimum atomic E-state index is -3.56. The standard InChI is InChI=1S/C23H30N2O7S/c1-23(2)21(26)20(24-22(27)31-12-11-15-9-7-6-8-10-15)16-13-19(30-4)17(14-18(16)32-23)25(3)33(5,28)29/h6-10,13-14,20-21,26H,11-12H2,1-5H3,(H,24,27). The van der Waals surface area contributed by atoms with Crippen LogP contribution in [-0.4, -0.2) is 58.3 Å². The molecule has 1 amide bonds. The van der Waals surface area contributed by atoms with E-state index in [1.165, 1.54) is 20.2 Å². The lowest BCUT2D eigenvalue weighted by atomic mass is 9.86. The zero-order valence-corrected chi connectivity index (χ0v) is 20.2. The Bertz CT molecular complexity index is 1100. The number of rotatable bonds is 7. The number of methoxy groups -OCH3 is 1. The van der Waals surface area contributed by atoms with Gasteiger partial charge in [0.25, 0.3) is 0 Å². The Morgan fingerprint density at radius 1 is 1.24 bits per heavy atom. The van der Waals surface area contributed by atoms with Crippen molar-refractivity contribution in [1.82, 2.24) is 5.32 Å². The molecule has 1 heterocycles. The number of carbonyl (C=O) groups is 1. The van der Waals surface area contributed by atoms with Crippen molar-refractivity contribution in [3.8, 4) is 11.5 Å². The van der Waals surface area contributed by atoms with Gasteiger partial charge in [-0.25, -0.2) is 13.2 Å². The predicted octanol–water partition coefficient (Wildman–Crippen LogP) is 2.63. The van der Waals surface area contributed by atoms with Crippen molar-refractivity contribution in [2.24, 2.45) is 0 Å². The van der Waals surface area contributed by atoms with Gasteiger partial charge in [0.05, 0.1) is 31.7 Å². The highest BCUT2D eigenvalue weighted by Crippen LogP contribution is 2.45. The van der Waals surface area contributed by atoms with Crippen LogP contribution in [0.2, 0.25) is 0 Å². The van der Waals surface area contributed by atoms with Crippen LogP contribution in [0.5, 0.6) is 11.5 Å². The molecule has 33 heavy (non-hydrogen) atoms. The molecule has 0 aromatic heterocycles. The number of anilines is 1. The van der Waals surface area contributed by atoms with Crippen molar-refractivity contribution in [3.05, 3.63) is 53.6 Å². The first-order chi connectivity index (χ1) is 15.4. The van der Waals surface area contributed by atoms with Gasteiger partial charge < -0.3 is 24.6 Å². The zero-order valence-electron chi connectivity index (χ0n) is 19.4. The van der Waals surface area contributed by atoms with Crippen LogP contribution in [0.25, 0.3) is 0 Å². The molecule has 0 fully saturated rings. The summed E-state index contributed by atoms with van der Waals surface area (Å²) in [4.78, 5) is 12.5. The molecular formula is C23H30N2O7S. The molecule has 0 spiro atoms. The number of sulfonamides is 1. The highest BCUT2D eigenvalue weighted by molar-refractivity contribution is 7.92. The number of alkyl carbamates (subject to hydrolysis) is 1. The number of fused-ring (bicyclic) bond motifs is 1. The van der Waals surface area contributed by atoms with Gasteiger partial charge in [-0.05, 0) is 25.5 Å². The summed E-state index contributed by atoms with van der Waals surface area (Å²) in [7, 11) is -0.748.